The molecule has 30 heavy (non-hydrogen) atoms. The molecule has 1 N–H and O–H groups in total. The van der Waals surface area contributed by atoms with Gasteiger partial charge in [0.15, 0.2) is 5.11 Å². The van der Waals surface area contributed by atoms with E-state index in [0.29, 0.717) is 6.54 Å². The Morgan fingerprint density at radius 2 is 2.00 bits per heavy atom. The zero-order valence-corrected chi connectivity index (χ0v) is 17.5. The molecule has 5 rings (SSSR count). The predicted molar refractivity (Wildman–Crippen MR) is 119 cm³/mol. The van der Waals surface area contributed by atoms with Gasteiger partial charge in [0.2, 0.25) is 0 Å². The number of rotatable bonds is 6. The molecule has 0 saturated carbocycles. The van der Waals surface area contributed by atoms with Gasteiger partial charge in [-0.25, -0.2) is 0 Å². The molecule has 2 aliphatic rings. The lowest BCUT2D eigenvalue weighted by atomic mass is 10.0. The SMILES string of the molecule is S=C1N[C@@H](c2ccccn2)[C@H](c2cccn2C[C@@H]2CCCO2)N1Cc1ccncc1. The van der Waals surface area contributed by atoms with Gasteiger partial charge in [-0.15, -0.1) is 0 Å². The molecule has 3 atom stereocenters. The van der Waals surface area contributed by atoms with E-state index < -0.39 is 0 Å². The number of hydrogen-bond acceptors (Lipinski definition) is 4. The normalized spacial score (nSPS) is 23.7. The van der Waals surface area contributed by atoms with Gasteiger partial charge in [0, 0.05) is 50.2 Å². The second kappa shape index (κ2) is 8.53. The number of thiocarbonyl (C=S) groups is 1. The van der Waals surface area contributed by atoms with Crippen LogP contribution in [0.1, 0.15) is 41.9 Å². The maximum absolute atomic E-state index is 5.90. The molecule has 2 saturated heterocycles. The van der Waals surface area contributed by atoms with Crippen molar-refractivity contribution in [3.8, 4) is 0 Å². The van der Waals surface area contributed by atoms with Gasteiger partial charge in [0.25, 0.3) is 0 Å². The molecule has 0 aromatic carbocycles. The summed E-state index contributed by atoms with van der Waals surface area (Å²) in [6, 6.07) is 14.5. The molecule has 6 nitrogen and oxygen atoms in total. The zero-order chi connectivity index (χ0) is 20.3. The molecule has 0 spiro atoms. The molecular formula is C23H25N5OS. The third kappa shape index (κ3) is 3.82. The Morgan fingerprint density at radius 1 is 1.10 bits per heavy atom. The minimum absolute atomic E-state index is 0.0151. The quantitative estimate of drug-likeness (QED) is 0.616. The highest BCUT2D eigenvalue weighted by Gasteiger charge is 2.41. The molecule has 0 radical (unpaired) electrons. The molecule has 2 fully saturated rings. The number of pyridine rings is 2. The van der Waals surface area contributed by atoms with Crippen molar-refractivity contribution in [1.29, 1.82) is 0 Å². The fraction of sp³-hybridized carbons (Fsp3) is 0.348. The van der Waals surface area contributed by atoms with E-state index in [9.17, 15) is 0 Å². The van der Waals surface area contributed by atoms with Crippen LogP contribution < -0.4 is 5.32 Å². The highest BCUT2D eigenvalue weighted by Crippen LogP contribution is 2.39. The lowest BCUT2D eigenvalue weighted by Crippen LogP contribution is -2.30. The van der Waals surface area contributed by atoms with Gasteiger partial charge in [-0.2, -0.15) is 0 Å². The van der Waals surface area contributed by atoms with Crippen molar-refractivity contribution < 1.29 is 4.74 Å². The Balaban J connectivity index is 1.51. The minimum atomic E-state index is -0.0151. The summed E-state index contributed by atoms with van der Waals surface area (Å²) in [5.41, 5.74) is 3.40. The summed E-state index contributed by atoms with van der Waals surface area (Å²) < 4.78 is 8.23. The summed E-state index contributed by atoms with van der Waals surface area (Å²) in [5, 5.41) is 4.28. The van der Waals surface area contributed by atoms with Crippen molar-refractivity contribution in [2.24, 2.45) is 0 Å². The van der Waals surface area contributed by atoms with Crippen LogP contribution >= 0.6 is 12.2 Å². The summed E-state index contributed by atoms with van der Waals surface area (Å²) in [7, 11) is 0. The Kier molecular flexibility index (Phi) is 5.46. The van der Waals surface area contributed by atoms with Crippen molar-refractivity contribution in [1.82, 2.24) is 24.8 Å². The van der Waals surface area contributed by atoms with Gasteiger partial charge < -0.3 is 19.5 Å². The Morgan fingerprint density at radius 3 is 2.77 bits per heavy atom. The standard InChI is InChI=1S/C23H25N5OS/c30-23-26-21(19-6-1-2-10-25-19)22(28(23)15-17-8-11-24-12-9-17)20-7-3-13-27(20)16-18-5-4-14-29-18/h1-3,6-13,18,21-22H,4-5,14-16H2,(H,26,30)/t18-,21-,22-/m0/s1. The van der Waals surface area contributed by atoms with E-state index in [1.165, 1.54) is 11.3 Å². The second-order valence-electron chi connectivity index (χ2n) is 7.83. The average molecular weight is 420 g/mol. The van der Waals surface area contributed by atoms with E-state index in [0.717, 1.165) is 36.8 Å². The zero-order valence-electron chi connectivity index (χ0n) is 16.7. The summed E-state index contributed by atoms with van der Waals surface area (Å²) in [6.45, 7) is 2.44. The molecule has 7 heteroatoms. The number of ether oxygens (including phenoxy) is 1. The van der Waals surface area contributed by atoms with E-state index in [2.05, 4.69) is 49.1 Å². The van der Waals surface area contributed by atoms with Gasteiger partial charge >= 0.3 is 0 Å². The second-order valence-corrected chi connectivity index (χ2v) is 8.22. The number of aromatic nitrogens is 3. The summed E-state index contributed by atoms with van der Waals surface area (Å²) >= 11 is 5.79. The molecule has 3 aromatic heterocycles. The van der Waals surface area contributed by atoms with Crippen molar-refractivity contribution in [3.05, 3.63) is 84.2 Å². The van der Waals surface area contributed by atoms with Crippen LogP contribution in [0.3, 0.4) is 0 Å². The summed E-state index contributed by atoms with van der Waals surface area (Å²) in [6.07, 6.45) is 10.2. The van der Waals surface area contributed by atoms with Crippen molar-refractivity contribution >= 4 is 17.3 Å². The minimum Gasteiger partial charge on any atom is -0.376 e. The van der Waals surface area contributed by atoms with Crippen LogP contribution in [0.4, 0.5) is 0 Å². The van der Waals surface area contributed by atoms with Crippen LogP contribution in [0.25, 0.3) is 0 Å². The number of nitrogens with zero attached hydrogens (tertiary/aromatic N) is 4. The van der Waals surface area contributed by atoms with Crippen LogP contribution in [0, 0.1) is 0 Å². The third-order valence-corrected chi connectivity index (χ3v) is 6.24. The van der Waals surface area contributed by atoms with Crippen LogP contribution in [0.2, 0.25) is 0 Å². The fourth-order valence-electron chi connectivity index (χ4n) is 4.45. The highest BCUT2D eigenvalue weighted by atomic mass is 32.1. The Hall–Kier alpha value is -2.77. The largest absolute Gasteiger partial charge is 0.376 e. The fourth-order valence-corrected chi connectivity index (χ4v) is 4.76. The van der Waals surface area contributed by atoms with E-state index in [-0.39, 0.29) is 18.2 Å². The van der Waals surface area contributed by atoms with E-state index in [4.69, 9.17) is 17.0 Å². The molecular weight excluding hydrogens is 394 g/mol. The van der Waals surface area contributed by atoms with Gasteiger partial charge in [-0.1, -0.05) is 6.07 Å². The maximum Gasteiger partial charge on any atom is 0.170 e. The summed E-state index contributed by atoms with van der Waals surface area (Å²) in [4.78, 5) is 11.1. The Bertz CT molecular complexity index is 987. The highest BCUT2D eigenvalue weighted by molar-refractivity contribution is 7.80. The molecule has 5 heterocycles. The maximum atomic E-state index is 5.90. The topological polar surface area (TPSA) is 55.2 Å². The molecule has 2 aliphatic heterocycles. The Labute approximate surface area is 181 Å². The molecule has 0 aliphatic carbocycles. The van der Waals surface area contributed by atoms with Crippen LogP contribution in [0.5, 0.6) is 0 Å². The third-order valence-electron chi connectivity index (χ3n) is 5.89. The molecule has 3 aromatic rings. The first-order chi connectivity index (χ1) is 14.8. The number of nitrogens with one attached hydrogen (secondary N) is 1. The van der Waals surface area contributed by atoms with Crippen LogP contribution in [0.15, 0.2) is 67.3 Å². The van der Waals surface area contributed by atoms with Crippen molar-refractivity contribution in [2.75, 3.05) is 6.61 Å². The monoisotopic (exact) mass is 419 g/mol. The van der Waals surface area contributed by atoms with Gasteiger partial charge in [0.05, 0.1) is 23.9 Å². The van der Waals surface area contributed by atoms with E-state index in [1.54, 1.807) is 0 Å². The molecule has 0 amide bonds. The molecule has 154 valence electrons. The van der Waals surface area contributed by atoms with Crippen LogP contribution in [-0.4, -0.2) is 37.3 Å². The molecule has 0 unspecified atom stereocenters. The lowest BCUT2D eigenvalue weighted by molar-refractivity contribution is 0.0953. The molecule has 0 bridgehead atoms. The first-order valence-corrected chi connectivity index (χ1v) is 10.8. The van der Waals surface area contributed by atoms with Gasteiger partial charge in [-0.05, 0) is 67.0 Å². The van der Waals surface area contributed by atoms with Crippen molar-refractivity contribution in [3.63, 3.8) is 0 Å². The first-order valence-electron chi connectivity index (χ1n) is 10.4. The predicted octanol–water partition coefficient (Wildman–Crippen LogP) is 3.63. The van der Waals surface area contributed by atoms with Gasteiger partial charge in [0.1, 0.15) is 0 Å². The average Bonchev–Trinajstić information content (AvgIpc) is 3.52. The first kappa shape index (κ1) is 19.2. The van der Waals surface area contributed by atoms with Crippen LogP contribution in [-0.2, 0) is 17.8 Å². The lowest BCUT2D eigenvalue weighted by Gasteiger charge is -2.29. The van der Waals surface area contributed by atoms with E-state index in [1.807, 2.05) is 42.9 Å². The van der Waals surface area contributed by atoms with Crippen molar-refractivity contribution in [2.45, 2.75) is 44.1 Å². The van der Waals surface area contributed by atoms with Gasteiger partial charge in [-0.3, -0.25) is 9.97 Å². The smallest absolute Gasteiger partial charge is 0.170 e. The number of hydrogen-bond donors (Lipinski definition) is 1. The summed E-state index contributed by atoms with van der Waals surface area (Å²) in [5.74, 6) is 0. The van der Waals surface area contributed by atoms with E-state index >= 15 is 0 Å².